The fourth-order valence-electron chi connectivity index (χ4n) is 2.03. The van der Waals surface area contributed by atoms with Gasteiger partial charge in [-0.3, -0.25) is 9.36 Å². The van der Waals surface area contributed by atoms with Crippen molar-refractivity contribution in [3.63, 3.8) is 0 Å². The summed E-state index contributed by atoms with van der Waals surface area (Å²) in [6.07, 6.45) is 8.61. The highest BCUT2D eigenvalue weighted by molar-refractivity contribution is 5.94. The van der Waals surface area contributed by atoms with Gasteiger partial charge in [-0.2, -0.15) is 0 Å². The van der Waals surface area contributed by atoms with E-state index in [9.17, 15) is 9.90 Å². The number of carbonyl (C=O) groups is 1. The summed E-state index contributed by atoms with van der Waals surface area (Å²) >= 11 is 0. The van der Waals surface area contributed by atoms with Crippen LogP contribution < -0.4 is 5.32 Å². The molecule has 2 heterocycles. The third kappa shape index (κ3) is 2.55. The Morgan fingerprint density at radius 3 is 2.95 bits per heavy atom. The standard InChI is InChI=1S/C14H16N4O2/c19-9-14(2-3-14)8-17-13(20)11-1-4-16-12(7-11)18-6-5-15-10-18/h1,4-7,10,19H,2-3,8-9H2,(H,17,20). The number of hydrogen-bond acceptors (Lipinski definition) is 4. The van der Waals surface area contributed by atoms with E-state index in [0.29, 0.717) is 17.9 Å². The van der Waals surface area contributed by atoms with Gasteiger partial charge >= 0.3 is 0 Å². The third-order valence-electron chi connectivity index (χ3n) is 3.69. The predicted molar refractivity (Wildman–Crippen MR) is 72.4 cm³/mol. The molecule has 1 fully saturated rings. The lowest BCUT2D eigenvalue weighted by atomic mass is 10.1. The molecule has 0 bridgehead atoms. The van der Waals surface area contributed by atoms with Crippen LogP contribution in [0.1, 0.15) is 23.2 Å². The molecule has 20 heavy (non-hydrogen) atoms. The lowest BCUT2D eigenvalue weighted by molar-refractivity contribution is 0.0935. The first-order chi connectivity index (χ1) is 9.72. The molecule has 0 saturated heterocycles. The van der Waals surface area contributed by atoms with Gasteiger partial charge in [0.2, 0.25) is 0 Å². The summed E-state index contributed by atoms with van der Waals surface area (Å²) in [4.78, 5) is 20.3. The van der Waals surface area contributed by atoms with Gasteiger partial charge in [-0.1, -0.05) is 0 Å². The number of imidazole rings is 1. The molecular formula is C14H16N4O2. The van der Waals surface area contributed by atoms with Crippen molar-refractivity contribution in [2.24, 2.45) is 5.41 Å². The van der Waals surface area contributed by atoms with Gasteiger partial charge < -0.3 is 10.4 Å². The highest BCUT2D eigenvalue weighted by atomic mass is 16.3. The Morgan fingerprint density at radius 2 is 2.30 bits per heavy atom. The number of pyridine rings is 1. The molecule has 2 N–H and O–H groups in total. The van der Waals surface area contributed by atoms with Crippen molar-refractivity contribution in [2.45, 2.75) is 12.8 Å². The van der Waals surface area contributed by atoms with Crippen molar-refractivity contribution in [3.05, 3.63) is 42.6 Å². The van der Waals surface area contributed by atoms with Crippen molar-refractivity contribution >= 4 is 5.91 Å². The maximum Gasteiger partial charge on any atom is 0.251 e. The molecule has 1 amide bonds. The quantitative estimate of drug-likeness (QED) is 0.842. The zero-order valence-corrected chi connectivity index (χ0v) is 11.0. The van der Waals surface area contributed by atoms with Gasteiger partial charge in [-0.25, -0.2) is 9.97 Å². The van der Waals surface area contributed by atoms with E-state index in [2.05, 4.69) is 15.3 Å². The summed E-state index contributed by atoms with van der Waals surface area (Å²) in [5.74, 6) is 0.506. The molecule has 0 spiro atoms. The van der Waals surface area contributed by atoms with Crippen LogP contribution in [-0.4, -0.2) is 38.7 Å². The Morgan fingerprint density at radius 1 is 1.45 bits per heavy atom. The summed E-state index contributed by atoms with van der Waals surface area (Å²) in [5.41, 5.74) is 0.466. The minimum Gasteiger partial charge on any atom is -0.396 e. The van der Waals surface area contributed by atoms with Crippen LogP contribution in [0.15, 0.2) is 37.1 Å². The Kier molecular flexibility index (Phi) is 3.23. The van der Waals surface area contributed by atoms with E-state index >= 15 is 0 Å². The van der Waals surface area contributed by atoms with E-state index in [4.69, 9.17) is 0 Å². The van der Waals surface area contributed by atoms with Gasteiger partial charge in [0.05, 0.1) is 6.61 Å². The average Bonchev–Trinajstić information content (AvgIpc) is 3.07. The second-order valence-corrected chi connectivity index (χ2v) is 5.21. The van der Waals surface area contributed by atoms with Crippen LogP contribution in [0.25, 0.3) is 5.82 Å². The molecule has 1 aliphatic rings. The van der Waals surface area contributed by atoms with E-state index in [1.54, 1.807) is 41.6 Å². The first kappa shape index (κ1) is 12.8. The molecule has 0 unspecified atom stereocenters. The average molecular weight is 272 g/mol. The number of carbonyl (C=O) groups excluding carboxylic acids is 1. The number of nitrogens with zero attached hydrogens (tertiary/aromatic N) is 3. The minimum absolute atomic E-state index is 0.0874. The second-order valence-electron chi connectivity index (χ2n) is 5.21. The molecule has 1 saturated carbocycles. The van der Waals surface area contributed by atoms with Crippen LogP contribution in [0.2, 0.25) is 0 Å². The van der Waals surface area contributed by atoms with Gasteiger partial charge in [-0.15, -0.1) is 0 Å². The van der Waals surface area contributed by atoms with E-state index in [0.717, 1.165) is 12.8 Å². The Bertz CT molecular complexity index is 605. The fraction of sp³-hybridized carbons (Fsp3) is 0.357. The first-order valence-electron chi connectivity index (χ1n) is 6.56. The Balaban J connectivity index is 1.70. The maximum absolute atomic E-state index is 12.1. The van der Waals surface area contributed by atoms with E-state index < -0.39 is 0 Å². The van der Waals surface area contributed by atoms with Crippen LogP contribution in [0.5, 0.6) is 0 Å². The molecule has 2 aromatic heterocycles. The number of rotatable bonds is 5. The Labute approximate surface area is 116 Å². The number of aliphatic hydroxyl groups is 1. The molecule has 3 rings (SSSR count). The van der Waals surface area contributed by atoms with Crippen molar-refractivity contribution < 1.29 is 9.90 Å². The number of amides is 1. The van der Waals surface area contributed by atoms with Crippen molar-refractivity contribution in [1.29, 1.82) is 0 Å². The topological polar surface area (TPSA) is 80.0 Å². The summed E-state index contributed by atoms with van der Waals surface area (Å²) in [6, 6.07) is 3.39. The Hall–Kier alpha value is -2.21. The largest absolute Gasteiger partial charge is 0.396 e. The summed E-state index contributed by atoms with van der Waals surface area (Å²) in [7, 11) is 0. The molecule has 2 aromatic rings. The van der Waals surface area contributed by atoms with Crippen molar-refractivity contribution in [2.75, 3.05) is 13.2 Å². The molecule has 0 radical (unpaired) electrons. The minimum atomic E-state index is -0.145. The van der Waals surface area contributed by atoms with Crippen LogP contribution >= 0.6 is 0 Å². The van der Waals surface area contributed by atoms with Gasteiger partial charge in [0.15, 0.2) is 0 Å². The summed E-state index contributed by atoms with van der Waals surface area (Å²) in [6.45, 7) is 0.648. The van der Waals surface area contributed by atoms with Gasteiger partial charge in [-0.05, 0) is 25.0 Å². The molecule has 0 aromatic carbocycles. The predicted octanol–water partition coefficient (Wildman–Crippen LogP) is 0.770. The SMILES string of the molecule is O=C(NCC1(CO)CC1)c1ccnc(-n2ccnc2)c1. The highest BCUT2D eigenvalue weighted by Gasteiger charge is 2.42. The van der Waals surface area contributed by atoms with Crippen LogP contribution in [0.3, 0.4) is 0 Å². The van der Waals surface area contributed by atoms with E-state index in [1.807, 2.05) is 0 Å². The van der Waals surface area contributed by atoms with Crippen LogP contribution in [0, 0.1) is 5.41 Å². The second kappa shape index (κ2) is 5.05. The lowest BCUT2D eigenvalue weighted by Gasteiger charge is -2.13. The van der Waals surface area contributed by atoms with Gasteiger partial charge in [0.1, 0.15) is 12.1 Å². The third-order valence-corrected chi connectivity index (χ3v) is 3.69. The zero-order chi connectivity index (χ0) is 14.0. The van der Waals surface area contributed by atoms with Crippen LogP contribution in [0.4, 0.5) is 0 Å². The molecule has 0 atom stereocenters. The summed E-state index contributed by atoms with van der Waals surface area (Å²) < 4.78 is 1.74. The zero-order valence-electron chi connectivity index (χ0n) is 11.0. The lowest BCUT2D eigenvalue weighted by Crippen LogP contribution is -2.31. The number of nitrogens with one attached hydrogen (secondary N) is 1. The molecule has 104 valence electrons. The number of aliphatic hydroxyl groups excluding tert-OH is 1. The van der Waals surface area contributed by atoms with Crippen molar-refractivity contribution in [1.82, 2.24) is 19.9 Å². The molecule has 1 aliphatic carbocycles. The fourth-order valence-corrected chi connectivity index (χ4v) is 2.03. The van der Waals surface area contributed by atoms with E-state index in [1.165, 1.54) is 0 Å². The maximum atomic E-state index is 12.1. The normalized spacial score (nSPS) is 15.8. The first-order valence-corrected chi connectivity index (χ1v) is 6.56. The molecular weight excluding hydrogens is 256 g/mol. The molecule has 6 heteroatoms. The highest BCUT2D eigenvalue weighted by Crippen LogP contribution is 2.44. The monoisotopic (exact) mass is 272 g/mol. The number of aromatic nitrogens is 3. The van der Waals surface area contributed by atoms with Crippen molar-refractivity contribution in [3.8, 4) is 5.82 Å². The van der Waals surface area contributed by atoms with Gasteiger partial charge in [0, 0.05) is 36.1 Å². The van der Waals surface area contributed by atoms with E-state index in [-0.39, 0.29) is 17.9 Å². The summed E-state index contributed by atoms with van der Waals surface area (Å²) in [5, 5.41) is 12.1. The number of hydrogen-bond donors (Lipinski definition) is 2. The van der Waals surface area contributed by atoms with Crippen LogP contribution in [-0.2, 0) is 0 Å². The van der Waals surface area contributed by atoms with Gasteiger partial charge in [0.25, 0.3) is 5.91 Å². The smallest absolute Gasteiger partial charge is 0.251 e. The molecule has 0 aliphatic heterocycles. The molecule has 6 nitrogen and oxygen atoms in total.